The zero-order chi connectivity index (χ0) is 42.7. The molecule has 2 aliphatic carbocycles. The van der Waals surface area contributed by atoms with Crippen molar-refractivity contribution in [3.8, 4) is 11.8 Å². The van der Waals surface area contributed by atoms with Crippen LogP contribution in [0.3, 0.4) is 0 Å². The average Bonchev–Trinajstić information content (AvgIpc) is 4.04. The highest BCUT2D eigenvalue weighted by Crippen LogP contribution is 2.58. The lowest BCUT2D eigenvalue weighted by atomic mass is 9.82. The Hall–Kier alpha value is -4.14. The first-order valence-electron chi connectivity index (χ1n) is 21.0. The van der Waals surface area contributed by atoms with Gasteiger partial charge in [-0.1, -0.05) is 44.2 Å². The van der Waals surface area contributed by atoms with Crippen LogP contribution in [-0.4, -0.2) is 83.4 Å². The van der Waals surface area contributed by atoms with Crippen LogP contribution in [0.4, 0.5) is 8.78 Å². The molecule has 0 radical (unpaired) electrons. The van der Waals surface area contributed by atoms with Crippen molar-refractivity contribution in [2.75, 3.05) is 13.2 Å². The van der Waals surface area contributed by atoms with Crippen LogP contribution in [0.2, 0.25) is 0 Å². The molecule has 1 N–H and O–H groups in total. The second-order valence-electron chi connectivity index (χ2n) is 18.7. The molecule has 1 saturated heterocycles. The lowest BCUT2D eigenvalue weighted by molar-refractivity contribution is -0.197. The maximum Gasteiger partial charge on any atom is 0.307 e. The Balaban J connectivity index is 1.24. The zero-order valence-corrected chi connectivity index (χ0v) is 35.7. The van der Waals surface area contributed by atoms with E-state index < -0.39 is 85.7 Å². The van der Waals surface area contributed by atoms with E-state index in [1.54, 1.807) is 6.92 Å². The summed E-state index contributed by atoms with van der Waals surface area (Å²) in [5.74, 6) is -7.04. The quantitative estimate of drug-likeness (QED) is 0.209. The fourth-order valence-corrected chi connectivity index (χ4v) is 10.3. The molecule has 0 unspecified atom stereocenters. The minimum Gasteiger partial charge on any atom is -0.477 e. The van der Waals surface area contributed by atoms with E-state index in [1.807, 2.05) is 50.3 Å². The molecular formula is C44H57F2N3O9S. The Kier molecular flexibility index (Phi) is 11.4. The highest BCUT2D eigenvalue weighted by molar-refractivity contribution is 7.91. The molecule has 15 heteroatoms. The average molecular weight is 842 g/mol. The van der Waals surface area contributed by atoms with E-state index in [1.165, 1.54) is 4.90 Å². The number of amides is 2. The SMILES string of the molecule is C[C@H]1CC/C=C\[C@@H]2C[C@@]2(C(=O)NS(=O)(=O)C2(C)CC2)CC(=O)[C@@H]2C[C@@H](Oc3nc4c(c5ccccc35)CCCO4)CN2C(=O)[C@@H](CC(=O)OC(C)(C)C(C)(F)F)[C@H](C)C1. The molecule has 1 aromatic carbocycles. The molecule has 5 aliphatic rings. The number of aryl methyl sites for hydroxylation is 1. The van der Waals surface area contributed by atoms with E-state index >= 15 is 0 Å². The minimum atomic E-state index is -4.01. The van der Waals surface area contributed by atoms with E-state index in [0.717, 1.165) is 43.0 Å². The van der Waals surface area contributed by atoms with E-state index in [-0.39, 0.29) is 43.5 Å². The molecule has 3 aliphatic heterocycles. The summed E-state index contributed by atoms with van der Waals surface area (Å²) in [6.07, 6.45) is 6.93. The predicted octanol–water partition coefficient (Wildman–Crippen LogP) is 6.87. The van der Waals surface area contributed by atoms with Gasteiger partial charge in [0.25, 0.3) is 5.92 Å². The standard InChI is InChI=1S/C44H57F2N3O9S/c1-26-12-7-8-13-28-23-44(28,40(53)48-59(54,55)42(5)17-18-42)24-35(50)34-21-29(57-38-32-15-10-9-14-30(32)31-16-11-19-56-37(31)47-38)25-49(34)39(52)33(27(2)20-26)22-36(51)58-41(3,4)43(6,45)46/h8-10,13-15,26-29,33-34H,7,11-12,16-25H2,1-6H3,(H,48,53)/b13-8-/t26-,27+,28+,29+,33-,34-,44+/m0/s1. The first-order chi connectivity index (χ1) is 27.6. The van der Waals surface area contributed by atoms with Crippen LogP contribution >= 0.6 is 0 Å². The van der Waals surface area contributed by atoms with Gasteiger partial charge in [0.15, 0.2) is 11.4 Å². The number of nitrogens with one attached hydrogen (secondary N) is 1. The number of benzene rings is 1. The number of carbonyl (C=O) groups is 4. The van der Waals surface area contributed by atoms with Crippen molar-refractivity contribution in [1.82, 2.24) is 14.6 Å². The highest BCUT2D eigenvalue weighted by Gasteiger charge is 2.63. The molecule has 0 spiro atoms. The van der Waals surface area contributed by atoms with Gasteiger partial charge in [0.05, 0.1) is 41.7 Å². The number of sulfonamides is 1. The largest absolute Gasteiger partial charge is 0.477 e. The number of hydrogen-bond acceptors (Lipinski definition) is 10. The number of pyridine rings is 1. The number of allylic oxidation sites excluding steroid dienone is 2. The molecule has 1 aromatic heterocycles. The number of aromatic nitrogens is 1. The van der Waals surface area contributed by atoms with Crippen LogP contribution in [0.5, 0.6) is 11.8 Å². The summed E-state index contributed by atoms with van der Waals surface area (Å²) in [6.45, 7) is 8.81. The Bertz CT molecular complexity index is 2150. The van der Waals surface area contributed by atoms with Crippen molar-refractivity contribution in [2.45, 2.75) is 141 Å². The summed E-state index contributed by atoms with van der Waals surface area (Å²) in [7, 11) is -4.01. The van der Waals surface area contributed by atoms with E-state index in [2.05, 4.69) is 4.72 Å². The summed E-state index contributed by atoms with van der Waals surface area (Å²) in [5, 5.41) is 1.66. The first-order valence-corrected chi connectivity index (χ1v) is 22.5. The van der Waals surface area contributed by atoms with Gasteiger partial charge in [-0.2, -0.15) is 4.98 Å². The maximum atomic E-state index is 15.0. The number of rotatable bonds is 9. The van der Waals surface area contributed by atoms with E-state index in [9.17, 15) is 36.4 Å². The van der Waals surface area contributed by atoms with E-state index in [4.69, 9.17) is 19.2 Å². The fourth-order valence-electron chi connectivity index (χ4n) is 8.98. The Morgan fingerprint density at radius 3 is 2.49 bits per heavy atom. The number of ketones is 1. The number of alkyl halides is 2. The molecule has 322 valence electrons. The van der Waals surface area contributed by atoms with Crippen molar-refractivity contribution in [3.63, 3.8) is 0 Å². The molecule has 2 aromatic rings. The zero-order valence-electron chi connectivity index (χ0n) is 34.9. The van der Waals surface area contributed by atoms with Crippen LogP contribution in [0, 0.1) is 29.1 Å². The number of Topliss-reactive ketones (excluding diaryl/α,β-unsaturated/α-hetero) is 1. The van der Waals surface area contributed by atoms with E-state index in [0.29, 0.717) is 51.5 Å². The Morgan fingerprint density at radius 2 is 1.80 bits per heavy atom. The van der Waals surface area contributed by atoms with Crippen molar-refractivity contribution in [3.05, 3.63) is 42.0 Å². The predicted molar refractivity (Wildman–Crippen MR) is 215 cm³/mol. The summed E-state index contributed by atoms with van der Waals surface area (Å²) in [4.78, 5) is 63.4. The second kappa shape index (κ2) is 15.7. The van der Waals surface area contributed by atoms with Crippen molar-refractivity contribution < 1.29 is 50.6 Å². The summed E-state index contributed by atoms with van der Waals surface area (Å²) >= 11 is 0. The summed E-state index contributed by atoms with van der Waals surface area (Å²) in [6, 6.07) is 6.55. The number of carbonyl (C=O) groups excluding carboxylic acids is 4. The molecule has 2 amide bonds. The fraction of sp³-hybridized carbons (Fsp3) is 0.659. The molecule has 2 saturated carbocycles. The molecule has 59 heavy (non-hydrogen) atoms. The Labute approximate surface area is 345 Å². The monoisotopic (exact) mass is 841 g/mol. The van der Waals surface area contributed by atoms with Crippen LogP contribution in [-0.2, 0) is 40.4 Å². The smallest absolute Gasteiger partial charge is 0.307 e. The lowest BCUT2D eigenvalue weighted by Gasteiger charge is -2.34. The highest BCUT2D eigenvalue weighted by atomic mass is 32.2. The van der Waals surface area contributed by atoms with Gasteiger partial charge < -0.3 is 19.1 Å². The third-order valence-electron chi connectivity index (χ3n) is 13.6. The maximum absolute atomic E-state index is 15.0. The second-order valence-corrected chi connectivity index (χ2v) is 20.9. The van der Waals surface area contributed by atoms with Crippen LogP contribution in [0.25, 0.3) is 10.8 Å². The summed E-state index contributed by atoms with van der Waals surface area (Å²) in [5.41, 5.74) is -2.51. The van der Waals surface area contributed by atoms with Crippen molar-refractivity contribution in [1.29, 1.82) is 0 Å². The third-order valence-corrected chi connectivity index (χ3v) is 15.8. The molecule has 3 fully saturated rings. The molecule has 12 nitrogen and oxygen atoms in total. The van der Waals surface area contributed by atoms with Gasteiger partial charge in [0.2, 0.25) is 33.6 Å². The number of nitrogens with zero attached hydrogens (tertiary/aromatic N) is 2. The molecule has 7 atom stereocenters. The number of halogens is 2. The molecule has 4 heterocycles. The van der Waals surface area contributed by atoms with Crippen molar-refractivity contribution >= 4 is 44.4 Å². The van der Waals surface area contributed by atoms with Gasteiger partial charge in [-0.05, 0) is 101 Å². The normalized spacial score (nSPS) is 30.4. The summed E-state index contributed by atoms with van der Waals surface area (Å²) < 4.78 is 74.6. The van der Waals surface area contributed by atoms with Gasteiger partial charge >= 0.3 is 5.97 Å². The molecule has 0 bridgehead atoms. The Morgan fingerprint density at radius 1 is 1.08 bits per heavy atom. The number of fused-ring (bicyclic) bond motifs is 5. The van der Waals surface area contributed by atoms with Crippen LogP contribution < -0.4 is 14.2 Å². The van der Waals surface area contributed by atoms with Gasteiger partial charge in [-0.3, -0.25) is 23.9 Å². The van der Waals surface area contributed by atoms with Gasteiger partial charge in [0.1, 0.15) is 6.10 Å². The van der Waals surface area contributed by atoms with Gasteiger partial charge in [-0.15, -0.1) is 0 Å². The van der Waals surface area contributed by atoms with Crippen LogP contribution in [0.15, 0.2) is 36.4 Å². The number of esters is 1. The van der Waals surface area contributed by atoms with Crippen molar-refractivity contribution in [2.24, 2.45) is 29.1 Å². The first kappa shape index (κ1) is 43.0. The van der Waals surface area contributed by atoms with Gasteiger partial charge in [0, 0.05) is 30.7 Å². The minimum absolute atomic E-state index is 0.0319. The van der Waals surface area contributed by atoms with Crippen LogP contribution in [0.1, 0.15) is 111 Å². The number of ether oxygens (including phenoxy) is 3. The van der Waals surface area contributed by atoms with Gasteiger partial charge in [-0.25, -0.2) is 17.2 Å². The number of hydrogen-bond donors (Lipinski definition) is 1. The molecule has 7 rings (SSSR count). The third kappa shape index (κ3) is 8.59. The topological polar surface area (TPSA) is 158 Å². The molecular weight excluding hydrogens is 785 g/mol. The lowest BCUT2D eigenvalue weighted by Crippen LogP contribution is -2.49.